The van der Waals surface area contributed by atoms with Crippen molar-refractivity contribution in [1.29, 1.82) is 0 Å². The average molecular weight is 596 g/mol. The predicted molar refractivity (Wildman–Crippen MR) is 162 cm³/mol. The normalized spacial score (nSPS) is 18.8. The number of carbonyl (C=O) groups is 5. The molecule has 3 aliphatic rings. The first-order chi connectivity index (χ1) is 21.2. The van der Waals surface area contributed by atoms with Crippen molar-refractivity contribution in [2.24, 2.45) is 5.73 Å². The number of anilines is 2. The Balaban J connectivity index is 1.06. The van der Waals surface area contributed by atoms with Crippen molar-refractivity contribution >= 4 is 41.0 Å². The molecule has 1 aromatic heterocycles. The molecule has 6 rings (SSSR count). The highest BCUT2D eigenvalue weighted by Gasteiger charge is 2.45. The minimum Gasteiger partial charge on any atom is -0.380 e. The van der Waals surface area contributed by atoms with Gasteiger partial charge < -0.3 is 16.0 Å². The average Bonchev–Trinajstić information content (AvgIpc) is 3.27. The SMILES string of the molecule is Cc1cc(CNc2cccc3c2C(=O)N(C2CCC(=O)NC2=O)C3=O)ccc1CN1CCN(c2ccc(C(N)=O)cn2)CC1. The highest BCUT2D eigenvalue weighted by atomic mass is 16.2. The van der Waals surface area contributed by atoms with Gasteiger partial charge in [0.2, 0.25) is 17.7 Å². The third kappa shape index (κ3) is 5.63. The van der Waals surface area contributed by atoms with Gasteiger partial charge in [0.15, 0.2) is 0 Å². The van der Waals surface area contributed by atoms with Gasteiger partial charge in [-0.15, -0.1) is 0 Å². The number of aromatic nitrogens is 1. The Morgan fingerprint density at radius 1 is 1.02 bits per heavy atom. The van der Waals surface area contributed by atoms with E-state index in [1.165, 1.54) is 11.8 Å². The van der Waals surface area contributed by atoms with E-state index in [-0.39, 0.29) is 24.0 Å². The number of fused-ring (bicyclic) bond motifs is 1. The van der Waals surface area contributed by atoms with Gasteiger partial charge in [-0.2, -0.15) is 0 Å². The number of piperazine rings is 1. The van der Waals surface area contributed by atoms with E-state index in [1.807, 2.05) is 6.07 Å². The fourth-order valence-corrected chi connectivity index (χ4v) is 6.00. The van der Waals surface area contributed by atoms with E-state index in [2.05, 4.69) is 50.5 Å². The van der Waals surface area contributed by atoms with Crippen molar-refractivity contribution in [3.05, 3.63) is 88.1 Å². The van der Waals surface area contributed by atoms with E-state index in [9.17, 15) is 24.0 Å². The first-order valence-electron chi connectivity index (χ1n) is 14.6. The molecule has 5 amide bonds. The van der Waals surface area contributed by atoms with Gasteiger partial charge in [-0.3, -0.25) is 39.1 Å². The Morgan fingerprint density at radius 3 is 2.50 bits per heavy atom. The number of amides is 5. The lowest BCUT2D eigenvalue weighted by atomic mass is 10.0. The molecular formula is C32H33N7O5. The topological polar surface area (TPSA) is 158 Å². The summed E-state index contributed by atoms with van der Waals surface area (Å²) >= 11 is 0. The molecule has 2 fully saturated rings. The standard InChI is InChI=1S/C32H33N7O5/c1-19-15-20(5-6-22(19)18-37-11-13-38(14-12-37)26-9-7-21(17-35-26)29(33)41)16-34-24-4-2-3-23-28(24)32(44)39(31(23)43)25-8-10-27(40)36-30(25)42/h2-7,9,15,17,25,34H,8,10-14,16,18H2,1H3,(H2,33,41)(H,36,40,42). The van der Waals surface area contributed by atoms with Crippen LogP contribution < -0.4 is 21.3 Å². The number of carbonyl (C=O) groups excluding carboxylic acids is 5. The van der Waals surface area contributed by atoms with Crippen LogP contribution in [0.1, 0.15) is 60.6 Å². The van der Waals surface area contributed by atoms with Crippen LogP contribution in [-0.2, 0) is 22.7 Å². The molecule has 2 saturated heterocycles. The molecule has 12 nitrogen and oxygen atoms in total. The molecule has 0 spiro atoms. The number of rotatable bonds is 8. The Hall–Kier alpha value is -5.10. The number of imide groups is 2. The highest BCUT2D eigenvalue weighted by molar-refractivity contribution is 6.25. The van der Waals surface area contributed by atoms with Crippen LogP contribution in [0, 0.1) is 6.92 Å². The molecular weight excluding hydrogens is 562 g/mol. The van der Waals surface area contributed by atoms with Gasteiger partial charge in [-0.1, -0.05) is 24.3 Å². The molecule has 0 saturated carbocycles. The Morgan fingerprint density at radius 2 is 1.82 bits per heavy atom. The van der Waals surface area contributed by atoms with E-state index in [4.69, 9.17) is 5.73 Å². The summed E-state index contributed by atoms with van der Waals surface area (Å²) < 4.78 is 0. The molecule has 0 bridgehead atoms. The molecule has 4 heterocycles. The fraction of sp³-hybridized carbons (Fsp3) is 0.312. The van der Waals surface area contributed by atoms with Crippen LogP contribution in [0.2, 0.25) is 0 Å². The van der Waals surface area contributed by atoms with Gasteiger partial charge >= 0.3 is 0 Å². The first kappa shape index (κ1) is 29.0. The third-order valence-corrected chi connectivity index (χ3v) is 8.48. The van der Waals surface area contributed by atoms with E-state index >= 15 is 0 Å². The van der Waals surface area contributed by atoms with Crippen LogP contribution in [0.15, 0.2) is 54.7 Å². The van der Waals surface area contributed by atoms with E-state index in [1.54, 1.807) is 24.3 Å². The summed E-state index contributed by atoms with van der Waals surface area (Å²) in [7, 11) is 0. The number of hydrogen-bond donors (Lipinski definition) is 3. The number of aryl methyl sites for hydroxylation is 1. The maximum atomic E-state index is 13.4. The zero-order valence-corrected chi connectivity index (χ0v) is 24.3. The fourth-order valence-electron chi connectivity index (χ4n) is 6.00. The number of nitrogens with two attached hydrogens (primary N) is 1. The number of pyridine rings is 1. The second kappa shape index (κ2) is 11.9. The Bertz CT molecular complexity index is 1660. The highest BCUT2D eigenvalue weighted by Crippen LogP contribution is 2.32. The van der Waals surface area contributed by atoms with Crippen molar-refractivity contribution in [2.45, 2.75) is 38.9 Å². The van der Waals surface area contributed by atoms with E-state index in [0.717, 1.165) is 54.6 Å². The summed E-state index contributed by atoms with van der Waals surface area (Å²) in [6, 6.07) is 13.9. The van der Waals surface area contributed by atoms with Crippen molar-refractivity contribution in [1.82, 2.24) is 20.1 Å². The zero-order valence-electron chi connectivity index (χ0n) is 24.3. The summed E-state index contributed by atoms with van der Waals surface area (Å²) in [6.07, 6.45) is 1.71. The molecule has 3 aromatic rings. The summed E-state index contributed by atoms with van der Waals surface area (Å²) in [6.45, 7) is 6.76. The van der Waals surface area contributed by atoms with E-state index in [0.29, 0.717) is 17.8 Å². The second-order valence-corrected chi connectivity index (χ2v) is 11.3. The number of benzene rings is 2. The largest absolute Gasteiger partial charge is 0.380 e. The van der Waals surface area contributed by atoms with Gasteiger partial charge in [-0.05, 0) is 54.3 Å². The quantitative estimate of drug-likeness (QED) is 0.330. The number of nitrogens with zero attached hydrogens (tertiary/aromatic N) is 4. The molecule has 1 atom stereocenters. The maximum absolute atomic E-state index is 13.4. The minimum atomic E-state index is -1.00. The number of piperidine rings is 1. The molecule has 44 heavy (non-hydrogen) atoms. The minimum absolute atomic E-state index is 0.0754. The summed E-state index contributed by atoms with van der Waals surface area (Å²) in [5.41, 5.74) is 10.1. The zero-order chi connectivity index (χ0) is 31.0. The van der Waals surface area contributed by atoms with Gasteiger partial charge in [0.25, 0.3) is 11.8 Å². The lowest BCUT2D eigenvalue weighted by molar-refractivity contribution is -0.136. The second-order valence-electron chi connectivity index (χ2n) is 11.3. The summed E-state index contributed by atoms with van der Waals surface area (Å²) in [5, 5.41) is 5.53. The maximum Gasteiger partial charge on any atom is 0.264 e. The molecule has 2 aromatic carbocycles. The number of nitrogens with one attached hydrogen (secondary N) is 2. The van der Waals surface area contributed by atoms with Crippen LogP contribution in [-0.4, -0.2) is 76.5 Å². The third-order valence-electron chi connectivity index (χ3n) is 8.48. The van der Waals surface area contributed by atoms with Crippen molar-refractivity contribution < 1.29 is 24.0 Å². The van der Waals surface area contributed by atoms with Gasteiger partial charge in [0.05, 0.1) is 16.7 Å². The molecule has 12 heteroatoms. The summed E-state index contributed by atoms with van der Waals surface area (Å²) in [4.78, 5) is 71.7. The Labute approximate surface area is 254 Å². The molecule has 3 aliphatic heterocycles. The van der Waals surface area contributed by atoms with Gasteiger partial charge in [0.1, 0.15) is 11.9 Å². The lowest BCUT2D eigenvalue weighted by Gasteiger charge is -2.35. The Kier molecular flexibility index (Phi) is 7.83. The van der Waals surface area contributed by atoms with E-state index < -0.39 is 35.6 Å². The van der Waals surface area contributed by atoms with Crippen LogP contribution in [0.5, 0.6) is 0 Å². The van der Waals surface area contributed by atoms with Crippen molar-refractivity contribution in [2.75, 3.05) is 36.4 Å². The number of hydrogen-bond acceptors (Lipinski definition) is 9. The van der Waals surface area contributed by atoms with Gasteiger partial charge in [-0.25, -0.2) is 4.98 Å². The lowest BCUT2D eigenvalue weighted by Crippen LogP contribution is -2.54. The van der Waals surface area contributed by atoms with Crippen LogP contribution in [0.4, 0.5) is 11.5 Å². The van der Waals surface area contributed by atoms with Gasteiger partial charge in [0, 0.05) is 57.6 Å². The summed E-state index contributed by atoms with van der Waals surface area (Å²) in [5.74, 6) is -1.75. The van der Waals surface area contributed by atoms with Crippen LogP contribution in [0.25, 0.3) is 0 Å². The molecule has 0 aliphatic carbocycles. The molecule has 4 N–H and O–H groups in total. The monoisotopic (exact) mass is 595 g/mol. The molecule has 226 valence electrons. The van der Waals surface area contributed by atoms with Crippen LogP contribution in [0.3, 0.4) is 0 Å². The molecule has 1 unspecified atom stereocenters. The predicted octanol–water partition coefficient (Wildman–Crippen LogP) is 1.82. The smallest absolute Gasteiger partial charge is 0.264 e. The number of primary amides is 1. The van der Waals surface area contributed by atoms with Crippen molar-refractivity contribution in [3.8, 4) is 0 Å². The first-order valence-corrected chi connectivity index (χ1v) is 14.6. The molecule has 0 radical (unpaired) electrons. The van der Waals surface area contributed by atoms with Crippen LogP contribution >= 0.6 is 0 Å². The van der Waals surface area contributed by atoms with Crippen molar-refractivity contribution in [3.63, 3.8) is 0 Å².